The van der Waals surface area contributed by atoms with E-state index in [1.54, 1.807) is 0 Å². The van der Waals surface area contributed by atoms with Crippen molar-refractivity contribution in [3.8, 4) is 0 Å². The second-order valence-corrected chi connectivity index (χ2v) is 5.40. The number of aryl methyl sites for hydroxylation is 1. The van der Waals surface area contributed by atoms with Gasteiger partial charge in [-0.2, -0.15) is 0 Å². The van der Waals surface area contributed by atoms with Crippen LogP contribution in [0.1, 0.15) is 24.6 Å². The van der Waals surface area contributed by atoms with Gasteiger partial charge in [-0.15, -0.1) is 0 Å². The fourth-order valence-electron chi connectivity index (χ4n) is 2.53. The zero-order chi connectivity index (χ0) is 13.7. The lowest BCUT2D eigenvalue weighted by atomic mass is 10.2. The van der Waals surface area contributed by atoms with Crippen molar-refractivity contribution in [1.29, 1.82) is 0 Å². The van der Waals surface area contributed by atoms with E-state index in [1.165, 1.54) is 18.5 Å². The molecule has 1 aliphatic rings. The summed E-state index contributed by atoms with van der Waals surface area (Å²) in [6.45, 7) is 10.7. The molecular formula is C15H26N4. The number of aromatic nitrogens is 1. The third kappa shape index (κ3) is 4.18. The highest BCUT2D eigenvalue weighted by atomic mass is 15.2. The molecule has 0 aliphatic carbocycles. The number of pyridine rings is 1. The fraction of sp³-hybridized carbons (Fsp3) is 0.667. The second-order valence-electron chi connectivity index (χ2n) is 5.40. The Labute approximate surface area is 116 Å². The zero-order valence-electron chi connectivity index (χ0n) is 12.4. The molecule has 106 valence electrons. The van der Waals surface area contributed by atoms with E-state index >= 15 is 0 Å². The smallest absolute Gasteiger partial charge is 0.129 e. The van der Waals surface area contributed by atoms with E-state index in [0.29, 0.717) is 0 Å². The molecule has 0 amide bonds. The van der Waals surface area contributed by atoms with Crippen LogP contribution in [-0.2, 0) is 6.54 Å². The molecule has 0 saturated carbocycles. The van der Waals surface area contributed by atoms with Gasteiger partial charge in [0.05, 0.1) is 0 Å². The third-order valence-corrected chi connectivity index (χ3v) is 3.62. The van der Waals surface area contributed by atoms with Gasteiger partial charge in [0, 0.05) is 31.9 Å². The van der Waals surface area contributed by atoms with E-state index in [9.17, 15) is 0 Å². The molecule has 1 aliphatic heterocycles. The molecule has 1 aromatic heterocycles. The van der Waals surface area contributed by atoms with Gasteiger partial charge in [-0.25, -0.2) is 4.98 Å². The van der Waals surface area contributed by atoms with E-state index in [0.717, 1.165) is 44.2 Å². The van der Waals surface area contributed by atoms with E-state index in [4.69, 9.17) is 4.98 Å². The molecule has 0 aromatic carbocycles. The molecule has 1 fully saturated rings. The minimum Gasteiger partial charge on any atom is -0.355 e. The number of anilines is 1. The third-order valence-electron chi connectivity index (χ3n) is 3.62. The van der Waals surface area contributed by atoms with Crippen LogP contribution in [0.25, 0.3) is 0 Å². The summed E-state index contributed by atoms with van der Waals surface area (Å²) in [6.07, 6.45) is 1.22. The van der Waals surface area contributed by atoms with Crippen molar-refractivity contribution < 1.29 is 0 Å². The zero-order valence-corrected chi connectivity index (χ0v) is 12.4. The van der Waals surface area contributed by atoms with Crippen molar-refractivity contribution in [2.24, 2.45) is 0 Å². The van der Waals surface area contributed by atoms with Gasteiger partial charge in [-0.3, -0.25) is 0 Å². The quantitative estimate of drug-likeness (QED) is 0.894. The molecule has 0 spiro atoms. The Morgan fingerprint density at radius 3 is 2.84 bits per heavy atom. The first-order valence-electron chi connectivity index (χ1n) is 7.31. The molecule has 4 nitrogen and oxygen atoms in total. The standard InChI is InChI=1S/C15H26N4/c1-4-16-12-14-10-13(2)17-15(11-14)19-7-5-6-18(3)8-9-19/h10-11,16H,4-9,12H2,1-3H3. The highest BCUT2D eigenvalue weighted by molar-refractivity contribution is 5.43. The van der Waals surface area contributed by atoms with Gasteiger partial charge in [0.25, 0.3) is 0 Å². The lowest BCUT2D eigenvalue weighted by Crippen LogP contribution is -2.29. The van der Waals surface area contributed by atoms with Gasteiger partial charge in [0.15, 0.2) is 0 Å². The van der Waals surface area contributed by atoms with Crippen LogP contribution in [0.2, 0.25) is 0 Å². The molecule has 2 heterocycles. The van der Waals surface area contributed by atoms with Gasteiger partial charge in [-0.1, -0.05) is 6.92 Å². The van der Waals surface area contributed by atoms with Crippen LogP contribution < -0.4 is 10.2 Å². The molecule has 19 heavy (non-hydrogen) atoms. The van der Waals surface area contributed by atoms with Crippen LogP contribution in [0.3, 0.4) is 0 Å². The Balaban J connectivity index is 2.11. The van der Waals surface area contributed by atoms with E-state index in [-0.39, 0.29) is 0 Å². The second kappa shape index (κ2) is 6.87. The molecule has 0 atom stereocenters. The number of rotatable bonds is 4. The monoisotopic (exact) mass is 262 g/mol. The Morgan fingerprint density at radius 2 is 2.05 bits per heavy atom. The molecule has 0 radical (unpaired) electrons. The molecule has 2 rings (SSSR count). The first-order chi connectivity index (χ1) is 9.19. The summed E-state index contributed by atoms with van der Waals surface area (Å²) in [4.78, 5) is 9.53. The molecule has 0 unspecified atom stereocenters. The average molecular weight is 262 g/mol. The summed E-state index contributed by atoms with van der Waals surface area (Å²) in [5.74, 6) is 1.14. The minimum atomic E-state index is 0.931. The molecule has 4 heteroatoms. The average Bonchev–Trinajstić information content (AvgIpc) is 2.60. The van der Waals surface area contributed by atoms with Crippen LogP contribution >= 0.6 is 0 Å². The van der Waals surface area contributed by atoms with E-state index in [1.807, 2.05) is 0 Å². The van der Waals surface area contributed by atoms with Crippen LogP contribution in [0.15, 0.2) is 12.1 Å². The van der Waals surface area contributed by atoms with Crippen LogP contribution in [0, 0.1) is 6.92 Å². The van der Waals surface area contributed by atoms with Crippen molar-refractivity contribution in [1.82, 2.24) is 15.2 Å². The number of likely N-dealkylation sites (N-methyl/N-ethyl adjacent to an activating group) is 1. The maximum absolute atomic E-state index is 4.71. The lowest BCUT2D eigenvalue weighted by molar-refractivity contribution is 0.360. The van der Waals surface area contributed by atoms with Gasteiger partial charge >= 0.3 is 0 Å². The van der Waals surface area contributed by atoms with Crippen LogP contribution in [0.5, 0.6) is 0 Å². The summed E-state index contributed by atoms with van der Waals surface area (Å²) in [7, 11) is 2.20. The Hall–Kier alpha value is -1.13. The topological polar surface area (TPSA) is 31.4 Å². The Kier molecular flexibility index (Phi) is 5.16. The first-order valence-corrected chi connectivity index (χ1v) is 7.31. The van der Waals surface area contributed by atoms with Crippen molar-refractivity contribution in [2.45, 2.75) is 26.8 Å². The van der Waals surface area contributed by atoms with Crippen molar-refractivity contribution in [2.75, 3.05) is 44.7 Å². The molecule has 1 N–H and O–H groups in total. The van der Waals surface area contributed by atoms with Gasteiger partial charge < -0.3 is 15.1 Å². The predicted octanol–water partition coefficient (Wildman–Crippen LogP) is 1.64. The van der Waals surface area contributed by atoms with Gasteiger partial charge in [-0.05, 0) is 51.2 Å². The highest BCUT2D eigenvalue weighted by Gasteiger charge is 2.14. The summed E-state index contributed by atoms with van der Waals surface area (Å²) >= 11 is 0. The molecular weight excluding hydrogens is 236 g/mol. The van der Waals surface area contributed by atoms with Gasteiger partial charge in [0.2, 0.25) is 0 Å². The number of hydrogen-bond donors (Lipinski definition) is 1. The van der Waals surface area contributed by atoms with Crippen LogP contribution in [-0.4, -0.2) is 49.7 Å². The largest absolute Gasteiger partial charge is 0.355 e. The first kappa shape index (κ1) is 14.3. The van der Waals surface area contributed by atoms with Crippen molar-refractivity contribution in [3.05, 3.63) is 23.4 Å². The number of nitrogens with zero attached hydrogens (tertiary/aromatic N) is 3. The SMILES string of the molecule is CCNCc1cc(C)nc(N2CCCN(C)CC2)c1. The van der Waals surface area contributed by atoms with Crippen molar-refractivity contribution in [3.63, 3.8) is 0 Å². The van der Waals surface area contributed by atoms with E-state index in [2.05, 4.69) is 48.1 Å². The summed E-state index contributed by atoms with van der Waals surface area (Å²) in [5, 5.41) is 3.39. The Bertz CT molecular complexity index is 405. The molecule has 0 bridgehead atoms. The maximum Gasteiger partial charge on any atom is 0.129 e. The fourth-order valence-corrected chi connectivity index (χ4v) is 2.53. The van der Waals surface area contributed by atoms with E-state index < -0.39 is 0 Å². The highest BCUT2D eigenvalue weighted by Crippen LogP contribution is 2.17. The predicted molar refractivity (Wildman–Crippen MR) is 80.7 cm³/mol. The Morgan fingerprint density at radius 1 is 1.21 bits per heavy atom. The normalized spacial score (nSPS) is 17.5. The molecule has 1 aromatic rings. The molecule has 1 saturated heterocycles. The summed E-state index contributed by atoms with van der Waals surface area (Å²) in [5.41, 5.74) is 2.45. The summed E-state index contributed by atoms with van der Waals surface area (Å²) < 4.78 is 0. The number of hydrogen-bond acceptors (Lipinski definition) is 4. The maximum atomic E-state index is 4.71. The lowest BCUT2D eigenvalue weighted by Gasteiger charge is -2.22. The minimum absolute atomic E-state index is 0.931. The summed E-state index contributed by atoms with van der Waals surface area (Å²) in [6, 6.07) is 4.41. The van der Waals surface area contributed by atoms with Crippen molar-refractivity contribution >= 4 is 5.82 Å². The number of nitrogens with one attached hydrogen (secondary N) is 1. The van der Waals surface area contributed by atoms with Crippen LogP contribution in [0.4, 0.5) is 5.82 Å². The van der Waals surface area contributed by atoms with Gasteiger partial charge in [0.1, 0.15) is 5.82 Å².